The first-order valence-electron chi connectivity index (χ1n) is 3.78. The molecule has 0 aromatic carbocycles. The van der Waals surface area contributed by atoms with Gasteiger partial charge in [0, 0.05) is 5.57 Å². The number of hydrogen-bond donors (Lipinski definition) is 0. The maximum Gasteiger partial charge on any atom is 0.382 e. The van der Waals surface area contributed by atoms with E-state index in [4.69, 9.17) is 0 Å². The van der Waals surface area contributed by atoms with Gasteiger partial charge in [0.25, 0.3) is 0 Å². The van der Waals surface area contributed by atoms with Gasteiger partial charge in [0.2, 0.25) is 5.76 Å². The Morgan fingerprint density at radius 2 is 1.93 bits per heavy atom. The van der Waals surface area contributed by atoms with Crippen LogP contribution >= 0.6 is 0 Å². The molecule has 0 unspecified atom stereocenters. The smallest absolute Gasteiger partial charge is 0.382 e. The second-order valence-corrected chi connectivity index (χ2v) is 2.80. The van der Waals surface area contributed by atoms with Crippen molar-refractivity contribution >= 4 is 17.9 Å². The summed E-state index contributed by atoms with van der Waals surface area (Å²) in [7, 11) is 0. The van der Waals surface area contributed by atoms with Crippen molar-refractivity contribution < 1.29 is 23.9 Å². The predicted octanol–water partition coefficient (Wildman–Crippen LogP) is 0.463. The lowest BCUT2D eigenvalue weighted by Crippen LogP contribution is -2.10. The third-order valence-electron chi connectivity index (χ3n) is 1.56. The molecule has 0 fully saturated rings. The van der Waals surface area contributed by atoms with Crippen LogP contribution in [0.25, 0.3) is 0 Å². The van der Waals surface area contributed by atoms with Crippen molar-refractivity contribution in [2.45, 2.75) is 13.8 Å². The van der Waals surface area contributed by atoms with E-state index in [9.17, 15) is 14.4 Å². The molecule has 1 aliphatic rings. The van der Waals surface area contributed by atoms with Crippen LogP contribution < -0.4 is 0 Å². The summed E-state index contributed by atoms with van der Waals surface area (Å²) >= 11 is 0. The molecule has 0 saturated heterocycles. The first-order chi connectivity index (χ1) is 6.43. The number of carbonyl (C=O) groups is 3. The highest BCUT2D eigenvalue weighted by Crippen LogP contribution is 2.18. The third kappa shape index (κ3) is 1.71. The molecule has 74 valence electrons. The summed E-state index contributed by atoms with van der Waals surface area (Å²) < 4.78 is 8.82. The summed E-state index contributed by atoms with van der Waals surface area (Å²) in [4.78, 5) is 32.8. The number of cyclic esters (lactones) is 2. The summed E-state index contributed by atoms with van der Waals surface area (Å²) in [6.07, 6.45) is 0. The van der Waals surface area contributed by atoms with E-state index in [1.54, 1.807) is 0 Å². The maximum absolute atomic E-state index is 11.0. The Morgan fingerprint density at radius 1 is 1.36 bits per heavy atom. The first kappa shape index (κ1) is 10.2. The molecule has 0 aliphatic carbocycles. The quantitative estimate of drug-likeness (QED) is 0.364. The molecule has 5 nitrogen and oxygen atoms in total. The second-order valence-electron chi connectivity index (χ2n) is 2.80. The van der Waals surface area contributed by atoms with Gasteiger partial charge in [-0.1, -0.05) is 6.58 Å². The third-order valence-corrected chi connectivity index (χ3v) is 1.56. The SMILES string of the molecule is C=C(C)C(=O)OC1=C(C)C(=O)OC1=O. The van der Waals surface area contributed by atoms with Crippen LogP contribution in [0.1, 0.15) is 13.8 Å². The van der Waals surface area contributed by atoms with Crippen molar-refractivity contribution in [3.8, 4) is 0 Å². The lowest BCUT2D eigenvalue weighted by atomic mass is 10.3. The van der Waals surface area contributed by atoms with Gasteiger partial charge in [-0.2, -0.15) is 0 Å². The Hall–Kier alpha value is -1.91. The van der Waals surface area contributed by atoms with Crippen LogP contribution in [0.3, 0.4) is 0 Å². The standard InChI is InChI=1S/C9H8O5/c1-4(2)7(10)13-6-5(3)8(11)14-9(6)12/h1H2,2-3H3. The van der Waals surface area contributed by atoms with Gasteiger partial charge in [0.05, 0.1) is 5.57 Å². The fourth-order valence-electron chi connectivity index (χ4n) is 0.751. The summed E-state index contributed by atoms with van der Waals surface area (Å²) in [5.74, 6) is -2.85. The van der Waals surface area contributed by atoms with Crippen molar-refractivity contribution in [3.05, 3.63) is 23.5 Å². The minimum absolute atomic E-state index is 0.00963. The van der Waals surface area contributed by atoms with Gasteiger partial charge in [0.15, 0.2) is 0 Å². The molecular weight excluding hydrogens is 188 g/mol. The van der Waals surface area contributed by atoms with Crippen LogP contribution in [0.2, 0.25) is 0 Å². The van der Waals surface area contributed by atoms with Gasteiger partial charge in [-0.3, -0.25) is 0 Å². The van der Waals surface area contributed by atoms with E-state index in [-0.39, 0.29) is 16.9 Å². The molecule has 0 N–H and O–H groups in total. The average Bonchev–Trinajstić information content (AvgIpc) is 2.32. The molecule has 0 bridgehead atoms. The zero-order valence-corrected chi connectivity index (χ0v) is 7.75. The Balaban J connectivity index is 2.88. The van der Waals surface area contributed by atoms with Crippen LogP contribution in [0, 0.1) is 0 Å². The number of hydrogen-bond acceptors (Lipinski definition) is 5. The van der Waals surface area contributed by atoms with Crippen molar-refractivity contribution in [3.63, 3.8) is 0 Å². The van der Waals surface area contributed by atoms with Gasteiger partial charge >= 0.3 is 17.9 Å². The van der Waals surface area contributed by atoms with E-state index in [1.807, 2.05) is 0 Å². The van der Waals surface area contributed by atoms with Gasteiger partial charge < -0.3 is 9.47 Å². The lowest BCUT2D eigenvalue weighted by molar-refractivity contribution is -0.154. The van der Waals surface area contributed by atoms with Crippen LogP contribution in [0.15, 0.2) is 23.5 Å². The Kier molecular flexibility index (Phi) is 2.51. The molecule has 1 heterocycles. The van der Waals surface area contributed by atoms with Gasteiger partial charge in [-0.25, -0.2) is 14.4 Å². The average molecular weight is 196 g/mol. The van der Waals surface area contributed by atoms with E-state index < -0.39 is 17.9 Å². The van der Waals surface area contributed by atoms with E-state index in [0.717, 1.165) is 0 Å². The molecule has 14 heavy (non-hydrogen) atoms. The van der Waals surface area contributed by atoms with Crippen molar-refractivity contribution in [2.24, 2.45) is 0 Å². The van der Waals surface area contributed by atoms with Gasteiger partial charge in [-0.15, -0.1) is 0 Å². The Bertz CT molecular complexity index is 375. The lowest BCUT2D eigenvalue weighted by Gasteiger charge is -2.01. The van der Waals surface area contributed by atoms with E-state index in [2.05, 4.69) is 16.1 Å². The van der Waals surface area contributed by atoms with Crippen LogP contribution in [-0.4, -0.2) is 17.9 Å². The molecule has 0 aromatic heterocycles. The minimum Gasteiger partial charge on any atom is -0.415 e. The number of carbonyl (C=O) groups excluding carboxylic acids is 3. The highest BCUT2D eigenvalue weighted by Gasteiger charge is 2.33. The molecular formula is C9H8O5. The van der Waals surface area contributed by atoms with Crippen LogP contribution in [0.5, 0.6) is 0 Å². The highest BCUT2D eigenvalue weighted by atomic mass is 16.6. The van der Waals surface area contributed by atoms with Crippen LogP contribution in [0.4, 0.5) is 0 Å². The fourth-order valence-corrected chi connectivity index (χ4v) is 0.751. The zero-order valence-electron chi connectivity index (χ0n) is 7.75. The summed E-state index contributed by atoms with van der Waals surface area (Å²) in [6.45, 7) is 6.10. The summed E-state index contributed by atoms with van der Waals surface area (Å²) in [5.41, 5.74) is 0.127. The van der Waals surface area contributed by atoms with Gasteiger partial charge in [-0.05, 0) is 13.8 Å². The second kappa shape index (κ2) is 3.45. The number of rotatable bonds is 2. The molecule has 0 spiro atoms. The molecule has 1 aliphatic heterocycles. The first-order valence-corrected chi connectivity index (χ1v) is 3.78. The van der Waals surface area contributed by atoms with Crippen molar-refractivity contribution in [2.75, 3.05) is 0 Å². The van der Waals surface area contributed by atoms with Crippen LogP contribution in [-0.2, 0) is 23.9 Å². The molecule has 5 heteroatoms. The van der Waals surface area contributed by atoms with E-state index in [1.165, 1.54) is 13.8 Å². The maximum atomic E-state index is 11.0. The van der Waals surface area contributed by atoms with Crippen molar-refractivity contribution in [1.29, 1.82) is 0 Å². The zero-order chi connectivity index (χ0) is 10.9. The molecule has 0 radical (unpaired) electrons. The van der Waals surface area contributed by atoms with E-state index >= 15 is 0 Å². The fraction of sp³-hybridized carbons (Fsp3) is 0.222. The summed E-state index contributed by atoms with van der Waals surface area (Å²) in [5, 5.41) is 0. The molecule has 0 amide bonds. The highest BCUT2D eigenvalue weighted by molar-refractivity contribution is 6.12. The van der Waals surface area contributed by atoms with Gasteiger partial charge in [0.1, 0.15) is 0 Å². The molecule has 0 aromatic rings. The number of ether oxygens (including phenoxy) is 2. The molecule has 0 saturated carbocycles. The minimum atomic E-state index is -0.942. The Labute approximate surface area is 80.0 Å². The monoisotopic (exact) mass is 196 g/mol. The molecule has 1 rings (SSSR count). The Morgan fingerprint density at radius 3 is 2.29 bits per heavy atom. The normalized spacial score (nSPS) is 15.6. The largest absolute Gasteiger partial charge is 0.415 e. The predicted molar refractivity (Wildman–Crippen MR) is 44.7 cm³/mol. The topological polar surface area (TPSA) is 69.7 Å². The molecule has 0 atom stereocenters. The van der Waals surface area contributed by atoms with Crippen molar-refractivity contribution in [1.82, 2.24) is 0 Å². The van der Waals surface area contributed by atoms with E-state index in [0.29, 0.717) is 0 Å². The summed E-state index contributed by atoms with van der Waals surface area (Å²) in [6, 6.07) is 0. The number of esters is 3.